The Morgan fingerprint density at radius 3 is 3.06 bits per heavy atom. The maximum Gasteiger partial charge on any atom is 0.0862 e. The molecule has 2 N–H and O–H groups in total. The van der Waals surface area contributed by atoms with Crippen molar-refractivity contribution < 1.29 is 4.74 Å². The van der Waals surface area contributed by atoms with Crippen LogP contribution in [0.3, 0.4) is 0 Å². The smallest absolute Gasteiger partial charge is 0.0862 e. The molecule has 17 heavy (non-hydrogen) atoms. The fraction of sp³-hybridized carbons (Fsp3) is 0.833. The van der Waals surface area contributed by atoms with Crippen LogP contribution < -0.4 is 5.73 Å². The summed E-state index contributed by atoms with van der Waals surface area (Å²) in [5.41, 5.74) is 7.06. The number of aromatic nitrogens is 3. The molecule has 1 fully saturated rings. The molecule has 0 saturated carbocycles. The maximum atomic E-state index is 6.35. The monoisotopic (exact) mass is 238 g/mol. The summed E-state index contributed by atoms with van der Waals surface area (Å²) in [5.74, 6) is 0. The van der Waals surface area contributed by atoms with E-state index < -0.39 is 0 Å². The van der Waals surface area contributed by atoms with E-state index in [0.29, 0.717) is 0 Å². The lowest BCUT2D eigenvalue weighted by atomic mass is 9.87. The van der Waals surface area contributed by atoms with Crippen LogP contribution in [0.2, 0.25) is 0 Å². The molecule has 0 amide bonds. The molecular formula is C12H22N4O. The number of ether oxygens (including phenoxy) is 1. The lowest BCUT2D eigenvalue weighted by Gasteiger charge is -2.38. The normalized spacial score (nSPS) is 27.0. The van der Waals surface area contributed by atoms with Gasteiger partial charge in [-0.25, -0.2) is 4.68 Å². The first-order chi connectivity index (χ1) is 8.17. The molecule has 2 unspecified atom stereocenters. The molecule has 1 aromatic rings. The van der Waals surface area contributed by atoms with E-state index in [-0.39, 0.29) is 11.6 Å². The van der Waals surface area contributed by atoms with E-state index in [9.17, 15) is 0 Å². The van der Waals surface area contributed by atoms with Crippen molar-refractivity contribution in [2.75, 3.05) is 6.61 Å². The quantitative estimate of drug-likeness (QED) is 0.866. The number of hydrogen-bond donors (Lipinski definition) is 1. The average molecular weight is 238 g/mol. The van der Waals surface area contributed by atoms with Crippen molar-refractivity contribution in [3.05, 3.63) is 11.9 Å². The Hall–Kier alpha value is -0.940. The number of rotatable bonds is 4. The van der Waals surface area contributed by atoms with Crippen molar-refractivity contribution >= 4 is 0 Å². The highest BCUT2D eigenvalue weighted by Crippen LogP contribution is 2.34. The fourth-order valence-electron chi connectivity index (χ4n) is 2.41. The predicted octanol–water partition coefficient (Wildman–Crippen LogP) is 1.65. The zero-order chi connectivity index (χ0) is 12.3. The molecule has 0 aliphatic carbocycles. The van der Waals surface area contributed by atoms with Crippen LogP contribution in [-0.4, -0.2) is 27.2 Å². The fourth-order valence-corrected chi connectivity index (χ4v) is 2.41. The molecule has 1 aliphatic rings. The zero-order valence-corrected chi connectivity index (χ0v) is 10.7. The van der Waals surface area contributed by atoms with E-state index in [0.717, 1.165) is 38.1 Å². The standard InChI is InChI=1S/C12H22N4O/c1-3-7-16-10(9-14-15-16)11(13)12(2)6-4-5-8-17-12/h9,11H,3-8,13H2,1-2H3. The largest absolute Gasteiger partial charge is 0.373 e. The van der Waals surface area contributed by atoms with Gasteiger partial charge in [0.25, 0.3) is 0 Å². The van der Waals surface area contributed by atoms with Crippen molar-refractivity contribution in [3.63, 3.8) is 0 Å². The Bertz CT molecular complexity index is 357. The van der Waals surface area contributed by atoms with Crippen LogP contribution in [0.4, 0.5) is 0 Å². The minimum atomic E-state index is -0.272. The van der Waals surface area contributed by atoms with Gasteiger partial charge in [0, 0.05) is 13.2 Å². The Morgan fingerprint density at radius 2 is 2.41 bits per heavy atom. The summed E-state index contributed by atoms with van der Waals surface area (Å²) >= 11 is 0. The molecular weight excluding hydrogens is 216 g/mol. The summed E-state index contributed by atoms with van der Waals surface area (Å²) in [7, 11) is 0. The molecule has 0 radical (unpaired) electrons. The molecule has 0 spiro atoms. The summed E-state index contributed by atoms with van der Waals surface area (Å²) in [5, 5.41) is 8.05. The van der Waals surface area contributed by atoms with E-state index in [1.54, 1.807) is 6.20 Å². The van der Waals surface area contributed by atoms with Crippen molar-refractivity contribution in [3.8, 4) is 0 Å². The van der Waals surface area contributed by atoms with Crippen LogP contribution in [0.1, 0.15) is 51.3 Å². The van der Waals surface area contributed by atoms with Crippen LogP contribution in [-0.2, 0) is 11.3 Å². The minimum absolute atomic E-state index is 0.149. The Labute approximate surface area is 102 Å². The molecule has 1 aromatic heterocycles. The molecule has 2 heterocycles. The molecule has 2 atom stereocenters. The van der Waals surface area contributed by atoms with Crippen molar-refractivity contribution in [2.45, 2.75) is 57.7 Å². The number of hydrogen-bond acceptors (Lipinski definition) is 4. The molecule has 5 nitrogen and oxygen atoms in total. The predicted molar refractivity (Wildman–Crippen MR) is 65.4 cm³/mol. The second kappa shape index (κ2) is 5.14. The van der Waals surface area contributed by atoms with E-state index in [1.807, 2.05) is 4.68 Å². The van der Waals surface area contributed by atoms with Gasteiger partial charge in [0.2, 0.25) is 0 Å². The summed E-state index contributed by atoms with van der Waals surface area (Å²) in [6.07, 6.45) is 6.12. The van der Waals surface area contributed by atoms with E-state index in [1.165, 1.54) is 6.42 Å². The van der Waals surface area contributed by atoms with Gasteiger partial charge in [-0.1, -0.05) is 12.1 Å². The number of nitrogens with zero attached hydrogens (tertiary/aromatic N) is 3. The summed E-state index contributed by atoms with van der Waals surface area (Å²) in [6.45, 7) is 5.88. The van der Waals surface area contributed by atoms with Crippen LogP contribution in [0.25, 0.3) is 0 Å². The SMILES string of the molecule is CCCn1nncc1C(N)C1(C)CCCCO1. The Kier molecular flexibility index (Phi) is 3.79. The van der Waals surface area contributed by atoms with Gasteiger partial charge in [-0.15, -0.1) is 5.10 Å². The number of nitrogens with two attached hydrogens (primary N) is 1. The van der Waals surface area contributed by atoms with Gasteiger partial charge in [0.15, 0.2) is 0 Å². The van der Waals surface area contributed by atoms with Crippen molar-refractivity contribution in [1.82, 2.24) is 15.0 Å². The third-order valence-electron chi connectivity index (χ3n) is 3.56. The van der Waals surface area contributed by atoms with Gasteiger partial charge < -0.3 is 10.5 Å². The average Bonchev–Trinajstić information content (AvgIpc) is 2.78. The van der Waals surface area contributed by atoms with Crippen LogP contribution in [0, 0.1) is 0 Å². The molecule has 5 heteroatoms. The molecule has 96 valence electrons. The molecule has 0 bridgehead atoms. The molecule has 1 saturated heterocycles. The first-order valence-electron chi connectivity index (χ1n) is 6.45. The highest BCUT2D eigenvalue weighted by atomic mass is 16.5. The topological polar surface area (TPSA) is 66.0 Å². The van der Waals surface area contributed by atoms with Gasteiger partial charge in [0.05, 0.1) is 23.5 Å². The second-order valence-corrected chi connectivity index (χ2v) is 4.98. The van der Waals surface area contributed by atoms with Crippen LogP contribution >= 0.6 is 0 Å². The highest BCUT2D eigenvalue weighted by Gasteiger charge is 2.37. The highest BCUT2D eigenvalue weighted by molar-refractivity contribution is 5.09. The van der Waals surface area contributed by atoms with E-state index in [2.05, 4.69) is 24.2 Å². The summed E-state index contributed by atoms with van der Waals surface area (Å²) in [4.78, 5) is 0. The minimum Gasteiger partial charge on any atom is -0.373 e. The second-order valence-electron chi connectivity index (χ2n) is 4.98. The van der Waals surface area contributed by atoms with E-state index >= 15 is 0 Å². The van der Waals surface area contributed by atoms with Crippen molar-refractivity contribution in [2.24, 2.45) is 5.73 Å². The Balaban J connectivity index is 2.17. The first-order valence-corrected chi connectivity index (χ1v) is 6.45. The van der Waals surface area contributed by atoms with Gasteiger partial charge in [-0.05, 0) is 32.6 Å². The third kappa shape index (κ3) is 2.50. The lowest BCUT2D eigenvalue weighted by molar-refractivity contribution is -0.0835. The molecule has 0 aromatic carbocycles. The van der Waals surface area contributed by atoms with E-state index in [4.69, 9.17) is 10.5 Å². The summed E-state index contributed by atoms with van der Waals surface area (Å²) < 4.78 is 7.79. The van der Waals surface area contributed by atoms with Crippen LogP contribution in [0.15, 0.2) is 6.20 Å². The van der Waals surface area contributed by atoms with Gasteiger partial charge in [-0.3, -0.25) is 0 Å². The van der Waals surface area contributed by atoms with Crippen molar-refractivity contribution in [1.29, 1.82) is 0 Å². The first kappa shape index (κ1) is 12.5. The van der Waals surface area contributed by atoms with Gasteiger partial charge >= 0.3 is 0 Å². The van der Waals surface area contributed by atoms with Crippen LogP contribution in [0.5, 0.6) is 0 Å². The lowest BCUT2D eigenvalue weighted by Crippen LogP contribution is -2.44. The zero-order valence-electron chi connectivity index (χ0n) is 10.7. The van der Waals surface area contributed by atoms with Gasteiger partial charge in [0.1, 0.15) is 0 Å². The molecule has 1 aliphatic heterocycles. The molecule has 2 rings (SSSR count). The third-order valence-corrected chi connectivity index (χ3v) is 3.56. The number of aryl methyl sites for hydroxylation is 1. The maximum absolute atomic E-state index is 6.35. The van der Waals surface area contributed by atoms with Gasteiger partial charge in [-0.2, -0.15) is 0 Å². The summed E-state index contributed by atoms with van der Waals surface area (Å²) in [6, 6.07) is -0.149. The Morgan fingerprint density at radius 1 is 1.59 bits per heavy atom.